The molecule has 6 nitrogen and oxygen atoms in total. The molecular formula is C23H23FN2O4. The fraction of sp³-hybridized carbons (Fsp3) is 0.304. The highest BCUT2D eigenvalue weighted by molar-refractivity contribution is 5.76. The number of hydrogen-bond acceptors (Lipinski definition) is 5. The molecular weight excluding hydrogens is 387 g/mol. The van der Waals surface area contributed by atoms with Gasteiger partial charge in [0.15, 0.2) is 11.7 Å². The Morgan fingerprint density at radius 3 is 2.70 bits per heavy atom. The van der Waals surface area contributed by atoms with Gasteiger partial charge in [-0.2, -0.15) is 0 Å². The van der Waals surface area contributed by atoms with Crippen molar-refractivity contribution in [3.63, 3.8) is 0 Å². The van der Waals surface area contributed by atoms with Gasteiger partial charge in [-0.25, -0.2) is 9.37 Å². The van der Waals surface area contributed by atoms with E-state index in [0.717, 1.165) is 16.9 Å². The highest BCUT2D eigenvalue weighted by Crippen LogP contribution is 2.25. The Bertz CT molecular complexity index is 985. The molecule has 7 heteroatoms. The van der Waals surface area contributed by atoms with Crippen molar-refractivity contribution in [1.29, 1.82) is 0 Å². The van der Waals surface area contributed by atoms with Crippen LogP contribution in [0.5, 0.6) is 5.75 Å². The number of carbonyl (C=O) groups is 1. The summed E-state index contributed by atoms with van der Waals surface area (Å²) in [6.45, 7) is 1.45. The number of methoxy groups -OCH3 is 1. The van der Waals surface area contributed by atoms with E-state index in [9.17, 15) is 9.18 Å². The second-order valence-corrected chi connectivity index (χ2v) is 7.10. The molecule has 1 atom stereocenters. The lowest BCUT2D eigenvalue weighted by Gasteiger charge is -2.33. The molecule has 3 aromatic rings. The van der Waals surface area contributed by atoms with Crippen molar-refractivity contribution in [2.24, 2.45) is 0 Å². The van der Waals surface area contributed by atoms with E-state index in [4.69, 9.17) is 13.9 Å². The van der Waals surface area contributed by atoms with Crippen molar-refractivity contribution in [2.75, 3.05) is 26.8 Å². The van der Waals surface area contributed by atoms with Gasteiger partial charge in [0.2, 0.25) is 5.91 Å². The summed E-state index contributed by atoms with van der Waals surface area (Å²) in [6, 6.07) is 13.7. The lowest BCUT2D eigenvalue weighted by molar-refractivity contribution is -0.139. The normalized spacial score (nSPS) is 16.5. The fourth-order valence-electron chi connectivity index (χ4n) is 3.44. The van der Waals surface area contributed by atoms with Gasteiger partial charge in [0.25, 0.3) is 0 Å². The molecule has 1 fully saturated rings. The number of nitrogens with zero attached hydrogens (tertiary/aromatic N) is 2. The van der Waals surface area contributed by atoms with Gasteiger partial charge in [-0.15, -0.1) is 0 Å². The summed E-state index contributed by atoms with van der Waals surface area (Å²) in [5.41, 5.74) is 1.77. The average molecular weight is 410 g/mol. The summed E-state index contributed by atoms with van der Waals surface area (Å²) in [4.78, 5) is 18.8. The molecule has 156 valence electrons. The van der Waals surface area contributed by atoms with Crippen LogP contribution in [0.2, 0.25) is 0 Å². The van der Waals surface area contributed by atoms with Crippen molar-refractivity contribution in [3.8, 4) is 17.1 Å². The lowest BCUT2D eigenvalue weighted by Crippen LogP contribution is -2.42. The zero-order valence-electron chi connectivity index (χ0n) is 16.7. The van der Waals surface area contributed by atoms with Crippen LogP contribution in [0.25, 0.3) is 11.3 Å². The van der Waals surface area contributed by atoms with Crippen molar-refractivity contribution in [3.05, 3.63) is 72.0 Å². The number of oxazole rings is 1. The summed E-state index contributed by atoms with van der Waals surface area (Å²) in [5, 5.41) is 0. The second-order valence-electron chi connectivity index (χ2n) is 7.10. The number of carbonyl (C=O) groups excluding carboxylic acids is 1. The molecule has 4 rings (SSSR count). The number of ether oxygens (including phenoxy) is 2. The molecule has 0 radical (unpaired) electrons. The molecule has 1 saturated heterocycles. The molecule has 1 amide bonds. The van der Waals surface area contributed by atoms with E-state index in [1.165, 1.54) is 12.1 Å². The Kier molecular flexibility index (Phi) is 6.09. The maximum atomic E-state index is 13.1. The first-order valence-electron chi connectivity index (χ1n) is 9.86. The minimum Gasteiger partial charge on any atom is -0.497 e. The molecule has 0 bridgehead atoms. The maximum absolute atomic E-state index is 13.1. The number of halogens is 1. The predicted octanol–water partition coefficient (Wildman–Crippen LogP) is 4.02. The molecule has 1 aliphatic heterocycles. The predicted molar refractivity (Wildman–Crippen MR) is 108 cm³/mol. The van der Waals surface area contributed by atoms with E-state index >= 15 is 0 Å². The van der Waals surface area contributed by atoms with E-state index < -0.39 is 0 Å². The van der Waals surface area contributed by atoms with Crippen LogP contribution in [0, 0.1) is 5.82 Å². The molecule has 0 spiro atoms. The molecule has 2 aromatic carbocycles. The SMILES string of the molecule is COc1ccc(-c2cnc(CCC(=O)N3CCOC(c4ccc(F)cc4)C3)o2)cc1. The van der Waals surface area contributed by atoms with Crippen LogP contribution in [0.1, 0.15) is 24.0 Å². The smallest absolute Gasteiger partial charge is 0.223 e. The Morgan fingerprint density at radius 2 is 1.97 bits per heavy atom. The molecule has 0 saturated carbocycles. The van der Waals surface area contributed by atoms with Gasteiger partial charge in [0, 0.05) is 24.9 Å². The minimum absolute atomic E-state index is 0.0228. The Labute approximate surface area is 174 Å². The van der Waals surface area contributed by atoms with E-state index in [-0.39, 0.29) is 17.8 Å². The molecule has 0 aliphatic carbocycles. The van der Waals surface area contributed by atoms with Crippen LogP contribution >= 0.6 is 0 Å². The maximum Gasteiger partial charge on any atom is 0.223 e. The summed E-state index contributed by atoms with van der Waals surface area (Å²) < 4.78 is 29.9. The molecule has 30 heavy (non-hydrogen) atoms. The van der Waals surface area contributed by atoms with Crippen LogP contribution in [0.4, 0.5) is 4.39 Å². The van der Waals surface area contributed by atoms with Crippen molar-refractivity contribution in [1.82, 2.24) is 9.88 Å². The van der Waals surface area contributed by atoms with E-state index in [1.807, 2.05) is 24.3 Å². The minimum atomic E-state index is -0.289. The number of rotatable bonds is 6. The van der Waals surface area contributed by atoms with Crippen LogP contribution in [-0.4, -0.2) is 42.6 Å². The Balaban J connectivity index is 1.33. The van der Waals surface area contributed by atoms with Crippen LogP contribution < -0.4 is 4.74 Å². The summed E-state index contributed by atoms with van der Waals surface area (Å²) >= 11 is 0. The molecule has 1 aromatic heterocycles. The highest BCUT2D eigenvalue weighted by atomic mass is 19.1. The van der Waals surface area contributed by atoms with Gasteiger partial charge in [0.05, 0.1) is 26.5 Å². The third kappa shape index (κ3) is 4.68. The van der Waals surface area contributed by atoms with E-state index in [1.54, 1.807) is 30.3 Å². The topological polar surface area (TPSA) is 64.8 Å². The first-order valence-corrected chi connectivity index (χ1v) is 9.86. The number of aryl methyl sites for hydroxylation is 1. The molecule has 2 heterocycles. The molecule has 1 unspecified atom stereocenters. The van der Waals surface area contributed by atoms with Crippen molar-refractivity contribution in [2.45, 2.75) is 18.9 Å². The summed E-state index contributed by atoms with van der Waals surface area (Å²) in [5.74, 6) is 1.69. The van der Waals surface area contributed by atoms with Gasteiger partial charge in [-0.05, 0) is 42.0 Å². The van der Waals surface area contributed by atoms with Gasteiger partial charge < -0.3 is 18.8 Å². The quantitative estimate of drug-likeness (QED) is 0.614. The van der Waals surface area contributed by atoms with Crippen LogP contribution in [0.3, 0.4) is 0 Å². The van der Waals surface area contributed by atoms with Gasteiger partial charge >= 0.3 is 0 Å². The fourth-order valence-corrected chi connectivity index (χ4v) is 3.44. The first-order chi connectivity index (χ1) is 14.6. The third-order valence-corrected chi connectivity index (χ3v) is 5.14. The largest absolute Gasteiger partial charge is 0.497 e. The van der Waals surface area contributed by atoms with Gasteiger partial charge in [-0.1, -0.05) is 12.1 Å². The van der Waals surface area contributed by atoms with Gasteiger partial charge in [-0.3, -0.25) is 4.79 Å². The first kappa shape index (κ1) is 20.1. The van der Waals surface area contributed by atoms with Crippen LogP contribution in [-0.2, 0) is 16.0 Å². The average Bonchev–Trinajstić information content (AvgIpc) is 3.27. The number of aromatic nitrogens is 1. The Morgan fingerprint density at radius 1 is 1.20 bits per heavy atom. The Hall–Kier alpha value is -3.19. The van der Waals surface area contributed by atoms with E-state index in [2.05, 4.69) is 4.98 Å². The third-order valence-electron chi connectivity index (χ3n) is 5.14. The van der Waals surface area contributed by atoms with Crippen molar-refractivity contribution >= 4 is 5.91 Å². The van der Waals surface area contributed by atoms with Gasteiger partial charge in [0.1, 0.15) is 17.7 Å². The zero-order valence-corrected chi connectivity index (χ0v) is 16.7. The number of amides is 1. The summed E-state index contributed by atoms with van der Waals surface area (Å²) in [7, 11) is 1.62. The number of hydrogen-bond donors (Lipinski definition) is 0. The van der Waals surface area contributed by atoms with Crippen LogP contribution in [0.15, 0.2) is 59.1 Å². The lowest BCUT2D eigenvalue weighted by atomic mass is 10.1. The number of benzene rings is 2. The zero-order chi connectivity index (χ0) is 20.9. The second kappa shape index (κ2) is 9.09. The van der Waals surface area contributed by atoms with Crippen molar-refractivity contribution < 1.29 is 23.1 Å². The number of morpholine rings is 1. The monoisotopic (exact) mass is 410 g/mol. The standard InChI is InChI=1S/C23H23FN2O4/c1-28-19-8-4-16(5-9-19)20-14-25-22(30-20)10-11-23(27)26-12-13-29-21(15-26)17-2-6-18(24)7-3-17/h2-9,14,21H,10-13,15H2,1H3. The molecule has 1 aliphatic rings. The van der Waals surface area contributed by atoms with E-state index in [0.29, 0.717) is 44.2 Å². The highest BCUT2D eigenvalue weighted by Gasteiger charge is 2.25. The molecule has 0 N–H and O–H groups in total. The summed E-state index contributed by atoms with van der Waals surface area (Å²) in [6.07, 6.45) is 2.15.